The minimum Gasteiger partial charge on any atom is -0.379 e. The molecule has 0 aliphatic rings. The van der Waals surface area contributed by atoms with E-state index in [1.165, 1.54) is 12.1 Å². The summed E-state index contributed by atoms with van der Waals surface area (Å²) in [5.41, 5.74) is 1.90. The van der Waals surface area contributed by atoms with Crippen molar-refractivity contribution in [1.82, 2.24) is 0 Å². The third-order valence-electron chi connectivity index (χ3n) is 2.71. The van der Waals surface area contributed by atoms with E-state index in [2.05, 4.69) is 53.1 Å². The minimum absolute atomic E-state index is 0.0414. The molecule has 0 aromatic heterocycles. The molecule has 0 saturated carbocycles. The second kappa shape index (κ2) is 7.00. The number of benzene rings is 2. The lowest BCUT2D eigenvalue weighted by molar-refractivity contribution is 0.151. The van der Waals surface area contributed by atoms with Crippen LogP contribution in [-0.4, -0.2) is 0 Å². The van der Waals surface area contributed by atoms with Crippen molar-refractivity contribution in [2.45, 2.75) is 13.0 Å². The fourth-order valence-corrected chi connectivity index (χ4v) is 4.22. The maximum Gasteiger partial charge on any atom is 0.263 e. The molecule has 6 heteroatoms. The fourth-order valence-electron chi connectivity index (χ4n) is 1.68. The Kier molecular flexibility index (Phi) is 5.57. The molecule has 2 rings (SSSR count). The van der Waals surface area contributed by atoms with E-state index in [-0.39, 0.29) is 5.56 Å². The molecule has 1 N–H and O–H groups in total. The first-order valence-electron chi connectivity index (χ1n) is 5.73. The number of nitrogens with one attached hydrogen (secondary N) is 1. The first-order valence-corrected chi connectivity index (χ1v) is 8.10. The molecular formula is C14H10Br3F2N. The topological polar surface area (TPSA) is 12.0 Å². The van der Waals surface area contributed by atoms with Gasteiger partial charge in [-0.05, 0) is 49.6 Å². The molecule has 2 aromatic carbocycles. The molecule has 0 fully saturated rings. The highest BCUT2D eigenvalue weighted by molar-refractivity contribution is 9.11. The van der Waals surface area contributed by atoms with E-state index in [0.29, 0.717) is 6.54 Å². The standard InChI is InChI=1S/C14H10Br3F2N/c15-10-5-11(16)13(12(17)6-10)20-7-8-1-3-9(4-2-8)14(18)19/h1-6,14,20H,7H2. The van der Waals surface area contributed by atoms with E-state index in [1.54, 1.807) is 12.1 Å². The average molecular weight is 470 g/mol. The number of halogens is 5. The summed E-state index contributed by atoms with van der Waals surface area (Å²) in [4.78, 5) is 0. The molecule has 0 radical (unpaired) electrons. The van der Waals surface area contributed by atoms with Crippen LogP contribution in [0, 0.1) is 0 Å². The molecule has 0 atom stereocenters. The Hall–Kier alpha value is -0.460. The number of anilines is 1. The predicted octanol–water partition coefficient (Wildman–Crippen LogP) is 6.52. The van der Waals surface area contributed by atoms with Crippen molar-refractivity contribution in [2.75, 3.05) is 5.32 Å². The summed E-state index contributed by atoms with van der Waals surface area (Å²) in [7, 11) is 0. The summed E-state index contributed by atoms with van der Waals surface area (Å²) >= 11 is 10.4. The first-order chi connectivity index (χ1) is 9.47. The third-order valence-corrected chi connectivity index (χ3v) is 4.42. The van der Waals surface area contributed by atoms with Gasteiger partial charge in [-0.1, -0.05) is 40.2 Å². The van der Waals surface area contributed by atoms with Gasteiger partial charge in [0.25, 0.3) is 6.43 Å². The minimum atomic E-state index is -2.42. The number of alkyl halides is 2. The molecule has 1 nitrogen and oxygen atoms in total. The van der Waals surface area contributed by atoms with Crippen LogP contribution in [0.25, 0.3) is 0 Å². The quantitative estimate of drug-likeness (QED) is 0.537. The van der Waals surface area contributed by atoms with Crippen molar-refractivity contribution >= 4 is 53.5 Å². The summed E-state index contributed by atoms with van der Waals surface area (Å²) in [6.07, 6.45) is -2.42. The number of hydrogen-bond acceptors (Lipinski definition) is 1. The van der Waals surface area contributed by atoms with E-state index in [9.17, 15) is 8.78 Å². The van der Waals surface area contributed by atoms with Crippen molar-refractivity contribution in [3.63, 3.8) is 0 Å². The lowest BCUT2D eigenvalue weighted by Crippen LogP contribution is -2.01. The zero-order chi connectivity index (χ0) is 14.7. The van der Waals surface area contributed by atoms with Crippen LogP contribution >= 0.6 is 47.8 Å². The second-order valence-corrected chi connectivity index (χ2v) is 6.76. The van der Waals surface area contributed by atoms with Crippen molar-refractivity contribution in [1.29, 1.82) is 0 Å². The smallest absolute Gasteiger partial charge is 0.263 e. The zero-order valence-corrected chi connectivity index (χ0v) is 14.9. The molecule has 0 aliphatic carbocycles. The van der Waals surface area contributed by atoms with Gasteiger partial charge in [0, 0.05) is 25.5 Å². The lowest BCUT2D eigenvalue weighted by atomic mass is 10.1. The molecule has 0 amide bonds. The van der Waals surface area contributed by atoms with Gasteiger partial charge < -0.3 is 5.32 Å². The van der Waals surface area contributed by atoms with E-state index < -0.39 is 6.43 Å². The first kappa shape index (κ1) is 15.9. The zero-order valence-electron chi connectivity index (χ0n) is 10.1. The summed E-state index contributed by atoms with van der Waals surface area (Å²) in [5.74, 6) is 0. The molecule has 0 bridgehead atoms. The van der Waals surface area contributed by atoms with Gasteiger partial charge in [0.05, 0.1) is 5.69 Å². The Morgan fingerprint density at radius 3 is 2.00 bits per heavy atom. The van der Waals surface area contributed by atoms with Crippen LogP contribution < -0.4 is 5.32 Å². The summed E-state index contributed by atoms with van der Waals surface area (Å²) in [6.45, 7) is 0.558. The Balaban J connectivity index is 2.09. The van der Waals surface area contributed by atoms with Crippen molar-refractivity contribution in [2.24, 2.45) is 0 Å². The normalized spacial score (nSPS) is 10.9. The molecule has 0 unspecified atom stereocenters. The van der Waals surface area contributed by atoms with Crippen LogP contribution in [0.5, 0.6) is 0 Å². The Morgan fingerprint density at radius 2 is 1.50 bits per heavy atom. The average Bonchev–Trinajstić information content (AvgIpc) is 2.38. The van der Waals surface area contributed by atoms with Crippen molar-refractivity contribution < 1.29 is 8.78 Å². The lowest BCUT2D eigenvalue weighted by Gasteiger charge is -2.12. The molecular weight excluding hydrogens is 460 g/mol. The molecule has 0 aliphatic heterocycles. The maximum absolute atomic E-state index is 12.5. The van der Waals surface area contributed by atoms with Gasteiger partial charge in [0.2, 0.25) is 0 Å². The van der Waals surface area contributed by atoms with Crippen LogP contribution in [-0.2, 0) is 6.54 Å². The van der Waals surface area contributed by atoms with Gasteiger partial charge in [0.15, 0.2) is 0 Å². The molecule has 20 heavy (non-hydrogen) atoms. The van der Waals surface area contributed by atoms with E-state index in [0.717, 1.165) is 24.7 Å². The Labute approximate surface area is 141 Å². The van der Waals surface area contributed by atoms with E-state index in [1.807, 2.05) is 12.1 Å². The Morgan fingerprint density at radius 1 is 0.950 bits per heavy atom. The van der Waals surface area contributed by atoms with Gasteiger partial charge in [-0.25, -0.2) is 8.78 Å². The molecule has 106 valence electrons. The van der Waals surface area contributed by atoms with Crippen LogP contribution in [0.15, 0.2) is 49.8 Å². The fraction of sp³-hybridized carbons (Fsp3) is 0.143. The summed E-state index contributed by atoms with van der Waals surface area (Å²) in [6, 6.07) is 10.2. The number of hydrogen-bond donors (Lipinski definition) is 1. The van der Waals surface area contributed by atoms with Gasteiger partial charge in [-0.3, -0.25) is 0 Å². The van der Waals surface area contributed by atoms with Crippen LogP contribution in [0.1, 0.15) is 17.6 Å². The van der Waals surface area contributed by atoms with Crippen LogP contribution in [0.3, 0.4) is 0 Å². The van der Waals surface area contributed by atoms with E-state index >= 15 is 0 Å². The van der Waals surface area contributed by atoms with Crippen LogP contribution in [0.4, 0.5) is 14.5 Å². The van der Waals surface area contributed by atoms with E-state index in [4.69, 9.17) is 0 Å². The monoisotopic (exact) mass is 467 g/mol. The van der Waals surface area contributed by atoms with Gasteiger partial charge in [0.1, 0.15) is 0 Å². The molecule has 0 spiro atoms. The van der Waals surface area contributed by atoms with Crippen molar-refractivity contribution in [3.8, 4) is 0 Å². The second-order valence-electron chi connectivity index (χ2n) is 4.14. The molecule has 0 heterocycles. The van der Waals surface area contributed by atoms with Gasteiger partial charge in [-0.15, -0.1) is 0 Å². The highest BCUT2D eigenvalue weighted by atomic mass is 79.9. The molecule has 2 aromatic rings. The largest absolute Gasteiger partial charge is 0.379 e. The van der Waals surface area contributed by atoms with Crippen molar-refractivity contribution in [3.05, 3.63) is 60.9 Å². The summed E-state index contributed by atoms with van der Waals surface area (Å²) in [5, 5.41) is 3.27. The maximum atomic E-state index is 12.5. The highest BCUT2D eigenvalue weighted by Gasteiger charge is 2.08. The van der Waals surface area contributed by atoms with Crippen LogP contribution in [0.2, 0.25) is 0 Å². The van der Waals surface area contributed by atoms with Gasteiger partial charge in [-0.2, -0.15) is 0 Å². The molecule has 0 saturated heterocycles. The van der Waals surface area contributed by atoms with Gasteiger partial charge >= 0.3 is 0 Å². The predicted molar refractivity (Wildman–Crippen MR) is 88.3 cm³/mol. The highest BCUT2D eigenvalue weighted by Crippen LogP contribution is 2.34. The number of rotatable bonds is 4. The SMILES string of the molecule is FC(F)c1ccc(CNc2c(Br)cc(Br)cc2Br)cc1. The Bertz CT molecular complexity index is 577. The summed E-state index contributed by atoms with van der Waals surface area (Å²) < 4.78 is 27.7. The third kappa shape index (κ3) is 4.02.